The highest BCUT2D eigenvalue weighted by Gasteiger charge is 2.30. The second-order valence-electron chi connectivity index (χ2n) is 7.72. The lowest BCUT2D eigenvalue weighted by atomic mass is 9.96. The fraction of sp³-hybridized carbons (Fsp3) is 0.600. The van der Waals surface area contributed by atoms with Gasteiger partial charge in [0.1, 0.15) is 5.76 Å². The number of piperidine rings is 1. The molecule has 2 aromatic heterocycles. The lowest BCUT2D eigenvalue weighted by Gasteiger charge is -2.32. The van der Waals surface area contributed by atoms with Crippen LogP contribution in [0.2, 0.25) is 0 Å². The number of amides is 1. The first-order chi connectivity index (χ1) is 12.6. The van der Waals surface area contributed by atoms with Gasteiger partial charge in [-0.3, -0.25) is 9.48 Å². The van der Waals surface area contributed by atoms with E-state index in [9.17, 15) is 4.79 Å². The van der Waals surface area contributed by atoms with E-state index in [2.05, 4.69) is 11.9 Å². The minimum absolute atomic E-state index is 0.0699. The van der Waals surface area contributed by atoms with Crippen LogP contribution < -0.4 is 0 Å². The molecule has 1 fully saturated rings. The third-order valence-electron chi connectivity index (χ3n) is 5.75. The minimum Gasteiger partial charge on any atom is -0.467 e. The van der Waals surface area contributed by atoms with E-state index in [0.717, 1.165) is 50.2 Å². The van der Waals surface area contributed by atoms with Crippen molar-refractivity contribution in [3.05, 3.63) is 41.1 Å². The average Bonchev–Trinajstić information content (AvgIpc) is 3.35. The Kier molecular flexibility index (Phi) is 4.85. The summed E-state index contributed by atoms with van der Waals surface area (Å²) in [6, 6.07) is 3.82. The molecule has 1 amide bonds. The molecule has 0 spiro atoms. The standard InChI is InChI=1S/C20H28N4O2/c1-22-10-4-6-15(12-22)20(25)24(13-16-7-5-11-26-16)14-18-17-8-3-9-19(17)23(2)21-18/h5,7,11,15H,3-4,6,8-10,12-14H2,1-2H3. The Morgan fingerprint density at radius 1 is 1.31 bits per heavy atom. The van der Waals surface area contributed by atoms with Crippen molar-refractivity contribution in [3.8, 4) is 0 Å². The van der Waals surface area contributed by atoms with E-state index in [4.69, 9.17) is 9.52 Å². The van der Waals surface area contributed by atoms with Gasteiger partial charge in [0.05, 0.1) is 31.0 Å². The van der Waals surface area contributed by atoms with Crippen molar-refractivity contribution in [1.82, 2.24) is 19.6 Å². The summed E-state index contributed by atoms with van der Waals surface area (Å²) in [6.07, 6.45) is 7.09. The number of carbonyl (C=O) groups excluding carboxylic acids is 1. The molecule has 4 rings (SSSR count). The Hall–Kier alpha value is -2.08. The molecule has 140 valence electrons. The van der Waals surface area contributed by atoms with E-state index in [1.54, 1.807) is 6.26 Å². The quantitative estimate of drug-likeness (QED) is 0.825. The van der Waals surface area contributed by atoms with Gasteiger partial charge in [-0.15, -0.1) is 0 Å². The third kappa shape index (κ3) is 3.43. The summed E-state index contributed by atoms with van der Waals surface area (Å²) >= 11 is 0. The number of likely N-dealkylation sites (tertiary alicyclic amines) is 1. The zero-order chi connectivity index (χ0) is 18.1. The smallest absolute Gasteiger partial charge is 0.227 e. The molecule has 1 saturated heterocycles. The summed E-state index contributed by atoms with van der Waals surface area (Å²) in [7, 11) is 4.12. The Morgan fingerprint density at radius 3 is 2.96 bits per heavy atom. The largest absolute Gasteiger partial charge is 0.467 e. The summed E-state index contributed by atoms with van der Waals surface area (Å²) in [5, 5.41) is 4.73. The molecule has 2 aliphatic rings. The summed E-state index contributed by atoms with van der Waals surface area (Å²) < 4.78 is 7.53. The molecule has 6 heteroatoms. The lowest BCUT2D eigenvalue weighted by molar-refractivity contribution is -0.138. The second kappa shape index (κ2) is 7.27. The Balaban J connectivity index is 1.56. The highest BCUT2D eigenvalue weighted by atomic mass is 16.3. The van der Waals surface area contributed by atoms with Gasteiger partial charge in [-0.1, -0.05) is 0 Å². The van der Waals surface area contributed by atoms with Crippen LogP contribution in [0.4, 0.5) is 0 Å². The van der Waals surface area contributed by atoms with Crippen molar-refractivity contribution in [3.63, 3.8) is 0 Å². The number of aromatic nitrogens is 2. The molecule has 0 aromatic carbocycles. The predicted octanol–water partition coefficient (Wildman–Crippen LogP) is 2.37. The first kappa shape index (κ1) is 17.3. The van der Waals surface area contributed by atoms with E-state index in [-0.39, 0.29) is 11.8 Å². The van der Waals surface area contributed by atoms with Gasteiger partial charge < -0.3 is 14.2 Å². The normalized spacial score (nSPS) is 20.3. The summed E-state index contributed by atoms with van der Waals surface area (Å²) in [5.41, 5.74) is 3.75. The SMILES string of the molecule is CN1CCCC(C(=O)N(Cc2ccco2)Cc2nn(C)c3c2CCC3)C1. The van der Waals surface area contributed by atoms with Gasteiger partial charge in [0.2, 0.25) is 5.91 Å². The highest BCUT2D eigenvalue weighted by Crippen LogP contribution is 2.27. The van der Waals surface area contributed by atoms with Crippen LogP contribution in [0, 0.1) is 5.92 Å². The van der Waals surface area contributed by atoms with Crippen LogP contribution in [0.15, 0.2) is 22.8 Å². The van der Waals surface area contributed by atoms with Crippen LogP contribution in [0.3, 0.4) is 0 Å². The van der Waals surface area contributed by atoms with Gasteiger partial charge in [-0.05, 0) is 63.4 Å². The van der Waals surface area contributed by atoms with Gasteiger partial charge in [0.25, 0.3) is 0 Å². The highest BCUT2D eigenvalue weighted by molar-refractivity contribution is 5.79. The van der Waals surface area contributed by atoms with Gasteiger partial charge in [-0.25, -0.2) is 0 Å². The van der Waals surface area contributed by atoms with E-state index >= 15 is 0 Å². The van der Waals surface area contributed by atoms with Crippen LogP contribution in [-0.2, 0) is 37.8 Å². The third-order valence-corrected chi connectivity index (χ3v) is 5.75. The molecule has 1 unspecified atom stereocenters. The number of furan rings is 1. The fourth-order valence-electron chi connectivity index (χ4n) is 4.43. The van der Waals surface area contributed by atoms with Crippen LogP contribution in [0.1, 0.15) is 42.0 Å². The Morgan fingerprint density at radius 2 is 2.19 bits per heavy atom. The van der Waals surface area contributed by atoms with E-state index in [1.807, 2.05) is 28.8 Å². The molecule has 3 heterocycles. The Labute approximate surface area is 154 Å². The lowest BCUT2D eigenvalue weighted by Crippen LogP contribution is -2.43. The van der Waals surface area contributed by atoms with Crippen LogP contribution in [0.5, 0.6) is 0 Å². The molecule has 26 heavy (non-hydrogen) atoms. The molecule has 6 nitrogen and oxygen atoms in total. The average molecular weight is 356 g/mol. The van der Waals surface area contributed by atoms with Crippen LogP contribution in [0.25, 0.3) is 0 Å². The molecule has 1 aliphatic heterocycles. The number of hydrogen-bond donors (Lipinski definition) is 0. The maximum absolute atomic E-state index is 13.3. The summed E-state index contributed by atoms with van der Waals surface area (Å²) in [5.74, 6) is 1.13. The van der Waals surface area contributed by atoms with Gasteiger partial charge in [-0.2, -0.15) is 5.10 Å². The molecule has 0 N–H and O–H groups in total. The fourth-order valence-corrected chi connectivity index (χ4v) is 4.43. The van der Waals surface area contributed by atoms with Crippen LogP contribution >= 0.6 is 0 Å². The molecular formula is C20H28N4O2. The van der Waals surface area contributed by atoms with Crippen molar-refractivity contribution in [2.75, 3.05) is 20.1 Å². The summed E-state index contributed by atoms with van der Waals surface area (Å²) in [4.78, 5) is 17.5. The minimum atomic E-state index is 0.0699. The summed E-state index contributed by atoms with van der Waals surface area (Å²) in [6.45, 7) is 3.00. The molecule has 0 radical (unpaired) electrons. The van der Waals surface area contributed by atoms with Crippen molar-refractivity contribution in [2.24, 2.45) is 13.0 Å². The van der Waals surface area contributed by atoms with Crippen molar-refractivity contribution >= 4 is 5.91 Å². The monoisotopic (exact) mass is 356 g/mol. The number of carbonyl (C=O) groups is 1. The van der Waals surface area contributed by atoms with Crippen molar-refractivity contribution in [1.29, 1.82) is 0 Å². The zero-order valence-corrected chi connectivity index (χ0v) is 15.8. The molecule has 1 atom stereocenters. The number of rotatable bonds is 5. The number of hydrogen-bond acceptors (Lipinski definition) is 4. The molecule has 0 saturated carbocycles. The number of aryl methyl sites for hydroxylation is 1. The first-order valence-electron chi connectivity index (χ1n) is 9.65. The molecule has 2 aromatic rings. The van der Waals surface area contributed by atoms with Crippen molar-refractivity contribution < 1.29 is 9.21 Å². The predicted molar refractivity (Wildman–Crippen MR) is 98.4 cm³/mol. The zero-order valence-electron chi connectivity index (χ0n) is 15.8. The van der Waals surface area contributed by atoms with Gasteiger partial charge >= 0.3 is 0 Å². The van der Waals surface area contributed by atoms with Crippen molar-refractivity contribution in [2.45, 2.75) is 45.2 Å². The van der Waals surface area contributed by atoms with E-state index in [0.29, 0.717) is 13.1 Å². The van der Waals surface area contributed by atoms with E-state index < -0.39 is 0 Å². The van der Waals surface area contributed by atoms with Gasteiger partial charge in [0.15, 0.2) is 0 Å². The first-order valence-corrected chi connectivity index (χ1v) is 9.65. The van der Waals surface area contributed by atoms with E-state index in [1.165, 1.54) is 17.7 Å². The maximum Gasteiger partial charge on any atom is 0.227 e. The maximum atomic E-state index is 13.3. The topological polar surface area (TPSA) is 54.5 Å². The molecular weight excluding hydrogens is 328 g/mol. The molecule has 0 bridgehead atoms. The number of fused-ring (bicyclic) bond motifs is 1. The van der Waals surface area contributed by atoms with Gasteiger partial charge in [0, 0.05) is 19.3 Å². The number of nitrogens with zero attached hydrogens (tertiary/aromatic N) is 4. The van der Waals surface area contributed by atoms with Crippen LogP contribution in [-0.4, -0.2) is 45.6 Å². The molecule has 1 aliphatic carbocycles. The second-order valence-corrected chi connectivity index (χ2v) is 7.72. The Bertz CT molecular complexity index is 765.